The van der Waals surface area contributed by atoms with Crippen molar-refractivity contribution < 1.29 is 14.1 Å². The first-order valence-electron chi connectivity index (χ1n) is 10.0. The molecular formula is C21H22FN5O3S. The maximum atomic E-state index is 13.3. The zero-order chi connectivity index (χ0) is 22.0. The predicted molar refractivity (Wildman–Crippen MR) is 114 cm³/mol. The van der Waals surface area contributed by atoms with Gasteiger partial charge in [-0.05, 0) is 36.1 Å². The third kappa shape index (κ3) is 3.59. The summed E-state index contributed by atoms with van der Waals surface area (Å²) in [6.07, 6.45) is 1.43. The summed E-state index contributed by atoms with van der Waals surface area (Å²) in [5.74, 6) is -0.453. The van der Waals surface area contributed by atoms with Gasteiger partial charge in [0.05, 0.1) is 12.2 Å². The Bertz CT molecular complexity index is 1150. The number of imidazole rings is 1. The number of nitro groups is 1. The van der Waals surface area contributed by atoms with Crippen LogP contribution in [0.5, 0.6) is 6.01 Å². The lowest BCUT2D eigenvalue weighted by Crippen LogP contribution is -2.50. The Balaban J connectivity index is 1.35. The Morgan fingerprint density at radius 2 is 1.97 bits per heavy atom. The van der Waals surface area contributed by atoms with Gasteiger partial charge in [-0.3, -0.25) is 9.47 Å². The van der Waals surface area contributed by atoms with E-state index in [9.17, 15) is 14.5 Å². The van der Waals surface area contributed by atoms with Gasteiger partial charge in [0.15, 0.2) is 0 Å². The second-order valence-electron chi connectivity index (χ2n) is 9.15. The molecule has 2 aromatic heterocycles. The molecule has 0 aliphatic carbocycles. The van der Waals surface area contributed by atoms with Gasteiger partial charge >= 0.3 is 11.8 Å². The molecule has 0 amide bonds. The van der Waals surface area contributed by atoms with E-state index in [1.165, 1.54) is 23.2 Å². The van der Waals surface area contributed by atoms with E-state index in [0.717, 1.165) is 29.4 Å². The number of ether oxygens (including phenoxy) is 1. The molecule has 1 aromatic carbocycles. The van der Waals surface area contributed by atoms with E-state index >= 15 is 0 Å². The molecule has 2 aliphatic rings. The molecule has 8 nitrogen and oxygen atoms in total. The zero-order valence-electron chi connectivity index (χ0n) is 17.5. The van der Waals surface area contributed by atoms with E-state index in [4.69, 9.17) is 9.72 Å². The summed E-state index contributed by atoms with van der Waals surface area (Å²) in [6, 6.07) is 6.73. The quantitative estimate of drug-likeness (QED) is 0.448. The standard InChI is InChI=1S/C21H22FN5O3S/c1-20(2)10-25(11-21(3)12-26-9-16(27(28)29)23-19(26)30-21)8-15-17(20)24-18(31-15)13-4-6-14(22)7-5-13/h4-7,9H,8,10-12H2,1-3H3. The molecule has 0 bridgehead atoms. The van der Waals surface area contributed by atoms with Crippen LogP contribution in [0.4, 0.5) is 10.2 Å². The van der Waals surface area contributed by atoms with Crippen molar-refractivity contribution in [2.24, 2.45) is 0 Å². The normalized spacial score (nSPS) is 22.1. The minimum atomic E-state index is -0.518. The fourth-order valence-electron chi connectivity index (χ4n) is 4.54. The molecule has 1 atom stereocenters. The second-order valence-corrected chi connectivity index (χ2v) is 10.2. The molecule has 0 saturated heterocycles. The minimum absolute atomic E-state index is 0.149. The number of hydrogen-bond donors (Lipinski definition) is 0. The SMILES string of the molecule is CC1(CN2Cc3sc(-c4ccc(F)cc4)nc3C(C)(C)C2)Cn2cc([N+](=O)[O-])nc2O1. The van der Waals surface area contributed by atoms with E-state index in [1.54, 1.807) is 28.0 Å². The van der Waals surface area contributed by atoms with Crippen LogP contribution < -0.4 is 4.74 Å². The van der Waals surface area contributed by atoms with Crippen LogP contribution >= 0.6 is 11.3 Å². The smallest absolute Gasteiger partial charge is 0.415 e. The molecule has 3 aromatic rings. The van der Waals surface area contributed by atoms with Gasteiger partial charge < -0.3 is 14.9 Å². The highest BCUT2D eigenvalue weighted by Gasteiger charge is 2.44. The van der Waals surface area contributed by atoms with Crippen molar-refractivity contribution in [2.75, 3.05) is 13.1 Å². The Hall–Kier alpha value is -2.85. The van der Waals surface area contributed by atoms with Gasteiger partial charge in [0.2, 0.25) is 0 Å². The molecule has 31 heavy (non-hydrogen) atoms. The third-order valence-electron chi connectivity index (χ3n) is 5.73. The number of thiazole rings is 1. The van der Waals surface area contributed by atoms with Gasteiger partial charge in [-0.15, -0.1) is 11.3 Å². The van der Waals surface area contributed by atoms with E-state index in [-0.39, 0.29) is 17.1 Å². The first-order chi connectivity index (χ1) is 14.6. The van der Waals surface area contributed by atoms with E-state index in [2.05, 4.69) is 23.7 Å². The molecule has 0 spiro atoms. The average molecular weight is 444 g/mol. The van der Waals surface area contributed by atoms with Crippen molar-refractivity contribution >= 4 is 17.2 Å². The fraction of sp³-hybridized carbons (Fsp3) is 0.429. The summed E-state index contributed by atoms with van der Waals surface area (Å²) in [7, 11) is 0. The number of halogens is 1. The Labute approximate surface area is 182 Å². The van der Waals surface area contributed by atoms with Crippen LogP contribution in [0, 0.1) is 15.9 Å². The summed E-state index contributed by atoms with van der Waals surface area (Å²) in [6.45, 7) is 9.10. The molecule has 10 heteroatoms. The number of nitrogens with zero attached hydrogens (tertiary/aromatic N) is 5. The van der Waals surface area contributed by atoms with Crippen LogP contribution in [0.2, 0.25) is 0 Å². The highest BCUT2D eigenvalue weighted by Crippen LogP contribution is 2.40. The molecule has 2 aliphatic heterocycles. The van der Waals surface area contributed by atoms with E-state index in [0.29, 0.717) is 19.1 Å². The number of hydrogen-bond acceptors (Lipinski definition) is 7. The molecule has 162 valence electrons. The summed E-state index contributed by atoms with van der Waals surface area (Å²) >= 11 is 1.64. The Kier molecular flexibility index (Phi) is 4.42. The van der Waals surface area contributed by atoms with Gasteiger partial charge in [-0.25, -0.2) is 9.37 Å². The molecule has 5 rings (SSSR count). The van der Waals surface area contributed by atoms with Crippen LogP contribution in [0.3, 0.4) is 0 Å². The third-order valence-corrected chi connectivity index (χ3v) is 6.82. The lowest BCUT2D eigenvalue weighted by Gasteiger charge is -2.39. The zero-order valence-corrected chi connectivity index (χ0v) is 18.3. The predicted octanol–water partition coefficient (Wildman–Crippen LogP) is 4.00. The summed E-state index contributed by atoms with van der Waals surface area (Å²) < 4.78 is 21.0. The molecule has 0 fully saturated rings. The molecule has 0 radical (unpaired) electrons. The van der Waals surface area contributed by atoms with Crippen LogP contribution in [0.1, 0.15) is 31.3 Å². The highest BCUT2D eigenvalue weighted by molar-refractivity contribution is 7.15. The molecule has 0 N–H and O–H groups in total. The Morgan fingerprint density at radius 3 is 2.65 bits per heavy atom. The fourth-order valence-corrected chi connectivity index (χ4v) is 5.83. The van der Waals surface area contributed by atoms with E-state index < -0.39 is 10.5 Å². The summed E-state index contributed by atoms with van der Waals surface area (Å²) in [4.78, 5) is 22.8. The lowest BCUT2D eigenvalue weighted by molar-refractivity contribution is -0.389. The number of rotatable bonds is 4. The van der Waals surface area contributed by atoms with Crippen LogP contribution in [0.25, 0.3) is 10.6 Å². The largest absolute Gasteiger partial charge is 0.436 e. The van der Waals surface area contributed by atoms with Gasteiger partial charge in [0.25, 0.3) is 0 Å². The Morgan fingerprint density at radius 1 is 1.23 bits per heavy atom. The monoisotopic (exact) mass is 443 g/mol. The maximum absolute atomic E-state index is 13.3. The molecule has 4 heterocycles. The molecule has 1 unspecified atom stereocenters. The van der Waals surface area contributed by atoms with Crippen LogP contribution in [0.15, 0.2) is 30.5 Å². The van der Waals surface area contributed by atoms with Gasteiger partial charge in [0.1, 0.15) is 22.6 Å². The van der Waals surface area contributed by atoms with Crippen molar-refractivity contribution in [1.29, 1.82) is 0 Å². The van der Waals surface area contributed by atoms with Crippen molar-refractivity contribution in [3.05, 3.63) is 57.0 Å². The van der Waals surface area contributed by atoms with Gasteiger partial charge in [-0.2, -0.15) is 0 Å². The second kappa shape index (κ2) is 6.83. The summed E-state index contributed by atoms with van der Waals surface area (Å²) in [5.41, 5.74) is 1.34. The lowest BCUT2D eigenvalue weighted by atomic mass is 9.84. The summed E-state index contributed by atoms with van der Waals surface area (Å²) in [5, 5.41) is 11.8. The molecular weight excluding hydrogens is 421 g/mol. The number of aromatic nitrogens is 3. The van der Waals surface area contributed by atoms with Crippen LogP contribution in [-0.4, -0.2) is 43.0 Å². The van der Waals surface area contributed by atoms with Crippen LogP contribution in [-0.2, 0) is 18.5 Å². The highest BCUT2D eigenvalue weighted by atomic mass is 32.1. The van der Waals surface area contributed by atoms with E-state index in [1.807, 2.05) is 6.92 Å². The first kappa shape index (κ1) is 20.1. The topological polar surface area (TPSA) is 86.3 Å². The van der Waals surface area contributed by atoms with Gasteiger partial charge in [0, 0.05) is 40.5 Å². The number of fused-ring (bicyclic) bond motifs is 2. The van der Waals surface area contributed by atoms with Crippen molar-refractivity contribution in [1.82, 2.24) is 19.4 Å². The first-order valence-corrected chi connectivity index (χ1v) is 10.8. The average Bonchev–Trinajstić information content (AvgIpc) is 3.33. The molecule has 0 saturated carbocycles. The van der Waals surface area contributed by atoms with Gasteiger partial charge in [-0.1, -0.05) is 13.8 Å². The van der Waals surface area contributed by atoms with Crippen molar-refractivity contribution in [2.45, 2.75) is 44.9 Å². The van der Waals surface area contributed by atoms with Crippen molar-refractivity contribution in [3.63, 3.8) is 0 Å². The number of benzene rings is 1. The minimum Gasteiger partial charge on any atom is -0.436 e. The van der Waals surface area contributed by atoms with Crippen molar-refractivity contribution in [3.8, 4) is 16.6 Å². The maximum Gasteiger partial charge on any atom is 0.415 e.